The number of benzene rings is 2. The van der Waals surface area contributed by atoms with Gasteiger partial charge in [-0.05, 0) is 50.2 Å². The molecule has 7 nitrogen and oxygen atoms in total. The number of carboxylic acid groups (broad SMARTS) is 1. The van der Waals surface area contributed by atoms with Crippen LogP contribution in [0.2, 0.25) is 0 Å². The molecule has 0 aliphatic carbocycles. The Morgan fingerprint density at radius 2 is 1.87 bits per heavy atom. The largest absolute Gasteiger partial charge is 0.478 e. The van der Waals surface area contributed by atoms with Crippen LogP contribution in [0.3, 0.4) is 0 Å². The maximum Gasteiger partial charge on any atom is 0.416 e. The highest BCUT2D eigenvalue weighted by molar-refractivity contribution is 6.08. The molecule has 2 amide bonds. The van der Waals surface area contributed by atoms with Crippen LogP contribution in [-0.4, -0.2) is 35.0 Å². The Morgan fingerprint density at radius 1 is 1.17 bits per heavy atom. The van der Waals surface area contributed by atoms with Gasteiger partial charge in [0, 0.05) is 5.69 Å². The Hall–Kier alpha value is -3.56. The average Bonchev–Trinajstić information content (AvgIpc) is 2.64. The summed E-state index contributed by atoms with van der Waals surface area (Å²) in [6.45, 7) is 2.42. The molecule has 30 heavy (non-hydrogen) atoms. The van der Waals surface area contributed by atoms with Gasteiger partial charge in [-0.3, -0.25) is 14.5 Å². The molecule has 2 aromatic rings. The highest BCUT2D eigenvalue weighted by Gasteiger charge is 2.42. The standard InChI is InChI=1S/C20H17F3N2O5/c1-19(2)18(29)25(14-7-6-11(17(27)28)8-15(14)30-19)10-16(26)24-13-5-3-4-12(9-13)20(21,22)23/h3-9H,10H2,1-2H3,(H,24,26)(H,27,28). The fourth-order valence-electron chi connectivity index (χ4n) is 2.98. The van der Waals surface area contributed by atoms with Crippen molar-refractivity contribution in [1.82, 2.24) is 0 Å². The second-order valence-corrected chi connectivity index (χ2v) is 7.12. The Morgan fingerprint density at radius 3 is 2.50 bits per heavy atom. The molecule has 1 aliphatic heterocycles. The zero-order valence-corrected chi connectivity index (χ0v) is 15.9. The van der Waals surface area contributed by atoms with Crippen LogP contribution >= 0.6 is 0 Å². The van der Waals surface area contributed by atoms with Crippen molar-refractivity contribution >= 4 is 29.2 Å². The van der Waals surface area contributed by atoms with Gasteiger partial charge in [-0.1, -0.05) is 6.07 Å². The molecule has 10 heteroatoms. The van der Waals surface area contributed by atoms with Crippen molar-refractivity contribution in [2.24, 2.45) is 0 Å². The normalized spacial score (nSPS) is 15.2. The molecule has 0 saturated heterocycles. The van der Waals surface area contributed by atoms with E-state index in [-0.39, 0.29) is 22.7 Å². The second-order valence-electron chi connectivity index (χ2n) is 7.12. The summed E-state index contributed by atoms with van der Waals surface area (Å²) < 4.78 is 44.1. The molecule has 0 bridgehead atoms. The molecule has 0 radical (unpaired) electrons. The van der Waals surface area contributed by atoms with E-state index in [1.54, 1.807) is 0 Å². The van der Waals surface area contributed by atoms with E-state index in [0.29, 0.717) is 0 Å². The number of aromatic carboxylic acids is 1. The van der Waals surface area contributed by atoms with Crippen molar-refractivity contribution in [2.45, 2.75) is 25.6 Å². The van der Waals surface area contributed by atoms with Crippen molar-refractivity contribution in [2.75, 3.05) is 16.8 Å². The van der Waals surface area contributed by atoms with Gasteiger partial charge in [-0.2, -0.15) is 13.2 Å². The average molecular weight is 422 g/mol. The minimum absolute atomic E-state index is 0.0627. The number of hydrogen-bond acceptors (Lipinski definition) is 4. The lowest BCUT2D eigenvalue weighted by Crippen LogP contribution is -2.54. The number of fused-ring (bicyclic) bond motifs is 1. The van der Waals surface area contributed by atoms with E-state index in [1.807, 2.05) is 0 Å². The summed E-state index contributed by atoms with van der Waals surface area (Å²) in [5.74, 6) is -2.37. The molecule has 2 aromatic carbocycles. The van der Waals surface area contributed by atoms with E-state index in [1.165, 1.54) is 38.1 Å². The molecule has 0 unspecified atom stereocenters. The van der Waals surface area contributed by atoms with Crippen LogP contribution in [0.5, 0.6) is 5.75 Å². The van der Waals surface area contributed by atoms with Crippen molar-refractivity contribution in [3.63, 3.8) is 0 Å². The van der Waals surface area contributed by atoms with Gasteiger partial charge in [0.05, 0.1) is 16.8 Å². The van der Waals surface area contributed by atoms with Crippen molar-refractivity contribution < 1.29 is 37.4 Å². The van der Waals surface area contributed by atoms with Gasteiger partial charge in [0.25, 0.3) is 5.91 Å². The predicted molar refractivity (Wildman–Crippen MR) is 101 cm³/mol. The van der Waals surface area contributed by atoms with Crippen LogP contribution in [0.25, 0.3) is 0 Å². The fourth-order valence-corrected chi connectivity index (χ4v) is 2.98. The summed E-state index contributed by atoms with van der Waals surface area (Å²) in [6.07, 6.45) is -4.56. The van der Waals surface area contributed by atoms with E-state index >= 15 is 0 Å². The van der Waals surface area contributed by atoms with Crippen LogP contribution < -0.4 is 15.0 Å². The van der Waals surface area contributed by atoms with Crippen LogP contribution in [-0.2, 0) is 15.8 Å². The SMILES string of the molecule is CC1(C)Oc2cc(C(=O)O)ccc2N(CC(=O)Nc2cccc(C(F)(F)F)c2)C1=O. The first-order valence-corrected chi connectivity index (χ1v) is 8.74. The third kappa shape index (κ3) is 4.22. The van der Waals surface area contributed by atoms with Gasteiger partial charge < -0.3 is 15.2 Å². The first kappa shape index (κ1) is 21.2. The number of rotatable bonds is 4. The summed E-state index contributed by atoms with van der Waals surface area (Å²) in [5, 5.41) is 11.5. The van der Waals surface area contributed by atoms with Gasteiger partial charge in [0.15, 0.2) is 5.60 Å². The number of anilines is 2. The highest BCUT2D eigenvalue weighted by atomic mass is 19.4. The molecule has 0 saturated carbocycles. The first-order valence-electron chi connectivity index (χ1n) is 8.74. The third-order valence-electron chi connectivity index (χ3n) is 4.40. The van der Waals surface area contributed by atoms with Crippen LogP contribution in [0.4, 0.5) is 24.5 Å². The number of alkyl halides is 3. The zero-order valence-electron chi connectivity index (χ0n) is 15.9. The van der Waals surface area contributed by atoms with Gasteiger partial charge >= 0.3 is 12.1 Å². The molecule has 0 fully saturated rings. The van der Waals surface area contributed by atoms with Crippen molar-refractivity contribution in [1.29, 1.82) is 0 Å². The number of amides is 2. The Balaban J connectivity index is 1.86. The third-order valence-corrected chi connectivity index (χ3v) is 4.40. The number of nitrogens with one attached hydrogen (secondary N) is 1. The molecule has 0 aromatic heterocycles. The van der Waals surface area contributed by atoms with E-state index in [4.69, 9.17) is 9.84 Å². The van der Waals surface area contributed by atoms with Gasteiger partial charge in [0.1, 0.15) is 12.3 Å². The summed E-state index contributed by atoms with van der Waals surface area (Å²) in [6, 6.07) is 7.95. The minimum Gasteiger partial charge on any atom is -0.478 e. The van der Waals surface area contributed by atoms with E-state index in [9.17, 15) is 27.6 Å². The lowest BCUT2D eigenvalue weighted by Gasteiger charge is -2.38. The van der Waals surface area contributed by atoms with Gasteiger partial charge in [-0.25, -0.2) is 4.79 Å². The zero-order chi connectivity index (χ0) is 22.3. The molecule has 1 aliphatic rings. The fraction of sp³-hybridized carbons (Fsp3) is 0.250. The number of halogens is 3. The van der Waals surface area contributed by atoms with Gasteiger partial charge in [0.2, 0.25) is 5.91 Å². The maximum absolute atomic E-state index is 12.8. The Bertz CT molecular complexity index is 1030. The quantitative estimate of drug-likeness (QED) is 0.786. The maximum atomic E-state index is 12.8. The predicted octanol–water partition coefficient (Wildman–Crippen LogP) is 3.55. The lowest BCUT2D eigenvalue weighted by atomic mass is 10.0. The summed E-state index contributed by atoms with van der Waals surface area (Å²) in [4.78, 5) is 37.5. The summed E-state index contributed by atoms with van der Waals surface area (Å²) >= 11 is 0. The first-order chi connectivity index (χ1) is 13.9. The summed E-state index contributed by atoms with van der Waals surface area (Å²) in [7, 11) is 0. The molecule has 3 rings (SSSR count). The number of hydrogen-bond donors (Lipinski definition) is 2. The minimum atomic E-state index is -4.56. The topological polar surface area (TPSA) is 95.9 Å². The number of carbonyl (C=O) groups is 3. The van der Waals surface area contributed by atoms with Crippen LogP contribution in [0, 0.1) is 0 Å². The molecule has 0 atom stereocenters. The molecule has 158 valence electrons. The van der Waals surface area contributed by atoms with E-state index < -0.39 is 41.7 Å². The molecule has 2 N–H and O–H groups in total. The molecular formula is C20H17F3N2O5. The number of nitrogens with zero attached hydrogens (tertiary/aromatic N) is 1. The van der Waals surface area contributed by atoms with Gasteiger partial charge in [-0.15, -0.1) is 0 Å². The molecule has 0 spiro atoms. The van der Waals surface area contributed by atoms with Crippen LogP contribution in [0.1, 0.15) is 29.8 Å². The second kappa shape index (κ2) is 7.36. The number of carbonyl (C=O) groups excluding carboxylic acids is 2. The lowest BCUT2D eigenvalue weighted by molar-refractivity contribution is -0.137. The Kier molecular flexibility index (Phi) is 5.19. The summed E-state index contributed by atoms with van der Waals surface area (Å²) in [5.41, 5.74) is -2.25. The van der Waals surface area contributed by atoms with Crippen molar-refractivity contribution in [3.05, 3.63) is 53.6 Å². The monoisotopic (exact) mass is 422 g/mol. The molecular weight excluding hydrogens is 405 g/mol. The van der Waals surface area contributed by atoms with Crippen LogP contribution in [0.15, 0.2) is 42.5 Å². The number of carboxylic acids is 1. The van der Waals surface area contributed by atoms with E-state index in [2.05, 4.69) is 5.32 Å². The Labute approximate surface area is 169 Å². The smallest absolute Gasteiger partial charge is 0.416 e. The van der Waals surface area contributed by atoms with Crippen molar-refractivity contribution in [3.8, 4) is 5.75 Å². The van der Waals surface area contributed by atoms with E-state index in [0.717, 1.165) is 23.1 Å². The highest BCUT2D eigenvalue weighted by Crippen LogP contribution is 2.38. The molecule has 1 heterocycles. The number of ether oxygens (including phenoxy) is 1.